The number of halogens is 3. The van der Waals surface area contributed by atoms with Crippen molar-refractivity contribution in [3.05, 3.63) is 59.7 Å². The van der Waals surface area contributed by atoms with E-state index in [1.165, 1.54) is 11.1 Å². The van der Waals surface area contributed by atoms with E-state index in [1.807, 2.05) is 65.8 Å². The molecule has 0 saturated carbocycles. The van der Waals surface area contributed by atoms with Gasteiger partial charge < -0.3 is 31.5 Å². The predicted octanol–water partition coefficient (Wildman–Crippen LogP) is 5.30. The summed E-state index contributed by atoms with van der Waals surface area (Å²) in [5.74, 6) is -4.19. The second-order valence-electron chi connectivity index (χ2n) is 15.5. The van der Waals surface area contributed by atoms with Gasteiger partial charge in [0, 0.05) is 18.9 Å². The molecular formula is C41H59F3N6O8. The number of carboxylic acid groups (broad SMARTS) is 1. The van der Waals surface area contributed by atoms with E-state index in [0.29, 0.717) is 45.1 Å². The molecule has 8 N–H and O–H groups in total. The minimum Gasteiger partial charge on any atom is -0.475 e. The van der Waals surface area contributed by atoms with E-state index in [-0.39, 0.29) is 42.6 Å². The number of carbonyl (C=O) groups excluding carboxylic acids is 5. The number of hydrogen-bond donors (Lipinski definition) is 7. The Kier molecular flexibility index (Phi) is 20.2. The Balaban J connectivity index is 0.00000151. The molecule has 1 aliphatic rings. The van der Waals surface area contributed by atoms with Crippen LogP contribution in [-0.2, 0) is 28.7 Å². The highest BCUT2D eigenvalue weighted by atomic mass is 19.4. The third kappa shape index (κ3) is 17.1. The van der Waals surface area contributed by atoms with Gasteiger partial charge in [0.15, 0.2) is 0 Å². The summed E-state index contributed by atoms with van der Waals surface area (Å²) in [6.45, 7) is 12.3. The number of hydrogen-bond acceptors (Lipinski definition) is 8. The smallest absolute Gasteiger partial charge is 0.475 e. The lowest BCUT2D eigenvalue weighted by Crippen LogP contribution is -2.57. The van der Waals surface area contributed by atoms with Crippen molar-refractivity contribution >= 4 is 35.7 Å². The van der Waals surface area contributed by atoms with Crippen LogP contribution in [0.4, 0.5) is 18.0 Å². The quantitative estimate of drug-likeness (QED) is 0.0722. The zero-order chi connectivity index (χ0) is 43.6. The van der Waals surface area contributed by atoms with Gasteiger partial charge in [-0.15, -0.1) is 0 Å². The van der Waals surface area contributed by atoms with Crippen LogP contribution in [0.3, 0.4) is 0 Å². The average Bonchev–Trinajstić information content (AvgIpc) is 3.46. The van der Waals surface area contributed by atoms with E-state index in [9.17, 15) is 37.1 Å². The van der Waals surface area contributed by atoms with Gasteiger partial charge >= 0.3 is 18.2 Å². The van der Waals surface area contributed by atoms with Gasteiger partial charge in [-0.3, -0.25) is 30.0 Å². The number of carbonyl (C=O) groups is 6. The molecule has 3 atom stereocenters. The minimum absolute atomic E-state index is 0.00702. The van der Waals surface area contributed by atoms with Gasteiger partial charge in [-0.05, 0) is 72.1 Å². The molecule has 322 valence electrons. The fourth-order valence-electron chi connectivity index (χ4n) is 6.28. The lowest BCUT2D eigenvalue weighted by atomic mass is 9.98. The van der Waals surface area contributed by atoms with E-state index >= 15 is 0 Å². The lowest BCUT2D eigenvalue weighted by Gasteiger charge is -2.26. The number of unbranched alkanes of at least 4 members (excludes halogenated alkanes) is 2. The molecule has 0 heterocycles. The number of alkyl carbamates (subject to hydrolysis) is 1. The maximum atomic E-state index is 13.3. The number of ether oxygens (including phenoxy) is 1. The number of aliphatic carboxylic acids is 1. The number of amides is 5. The molecule has 0 unspecified atom stereocenters. The molecule has 0 bridgehead atoms. The molecule has 3 rings (SSSR count). The molecule has 0 saturated heterocycles. The van der Waals surface area contributed by atoms with Gasteiger partial charge in [0.1, 0.15) is 18.7 Å². The summed E-state index contributed by atoms with van der Waals surface area (Å²) in [4.78, 5) is 72.8. The molecule has 0 radical (unpaired) electrons. The van der Waals surface area contributed by atoms with Crippen LogP contribution < -0.4 is 32.5 Å². The van der Waals surface area contributed by atoms with Gasteiger partial charge in [-0.1, -0.05) is 96.5 Å². The zero-order valence-corrected chi connectivity index (χ0v) is 34.0. The number of benzene rings is 2. The van der Waals surface area contributed by atoms with E-state index in [4.69, 9.17) is 20.4 Å². The second-order valence-corrected chi connectivity index (χ2v) is 15.5. The monoisotopic (exact) mass is 820 g/mol. The van der Waals surface area contributed by atoms with Crippen molar-refractivity contribution < 1.29 is 51.8 Å². The summed E-state index contributed by atoms with van der Waals surface area (Å²) >= 11 is 0. The van der Waals surface area contributed by atoms with Crippen LogP contribution in [-0.4, -0.2) is 78.3 Å². The van der Waals surface area contributed by atoms with E-state index in [0.717, 1.165) is 11.1 Å². The molecular weight excluding hydrogens is 761 g/mol. The molecule has 0 fully saturated rings. The summed E-state index contributed by atoms with van der Waals surface area (Å²) in [7, 11) is 0. The largest absolute Gasteiger partial charge is 0.490 e. The van der Waals surface area contributed by atoms with Gasteiger partial charge in [-0.25, -0.2) is 9.59 Å². The first-order chi connectivity index (χ1) is 27.2. The van der Waals surface area contributed by atoms with Crippen LogP contribution in [0.25, 0.3) is 11.1 Å². The number of rotatable bonds is 19. The van der Waals surface area contributed by atoms with Crippen LogP contribution in [0.2, 0.25) is 0 Å². The summed E-state index contributed by atoms with van der Waals surface area (Å²) in [6, 6.07) is 13.8. The number of fused-ring (bicyclic) bond motifs is 3. The van der Waals surface area contributed by atoms with Crippen molar-refractivity contribution in [3.63, 3.8) is 0 Å². The van der Waals surface area contributed by atoms with Crippen LogP contribution in [0.15, 0.2) is 48.5 Å². The fraction of sp³-hybridized carbons (Fsp3) is 0.561. The number of hydrazine groups is 1. The van der Waals surface area contributed by atoms with Crippen LogP contribution >= 0.6 is 0 Å². The Bertz CT molecular complexity index is 1640. The number of alkyl halides is 3. The van der Waals surface area contributed by atoms with E-state index in [2.05, 4.69) is 51.1 Å². The first kappa shape index (κ1) is 49.0. The van der Waals surface area contributed by atoms with Gasteiger partial charge in [0.2, 0.25) is 17.7 Å². The van der Waals surface area contributed by atoms with Crippen molar-refractivity contribution in [2.24, 2.45) is 23.5 Å². The Labute approximate surface area is 338 Å². The van der Waals surface area contributed by atoms with Crippen LogP contribution in [0, 0.1) is 17.8 Å². The Morgan fingerprint density at radius 2 is 1.19 bits per heavy atom. The zero-order valence-electron chi connectivity index (χ0n) is 34.0. The maximum absolute atomic E-state index is 13.3. The molecule has 2 aromatic carbocycles. The first-order valence-electron chi connectivity index (χ1n) is 19.5. The number of carboxylic acids is 1. The van der Waals surface area contributed by atoms with Crippen molar-refractivity contribution in [2.75, 3.05) is 13.2 Å². The molecule has 17 heteroatoms. The highest BCUT2D eigenvalue weighted by molar-refractivity contribution is 5.93. The molecule has 0 aromatic heterocycles. The third-order valence-corrected chi connectivity index (χ3v) is 9.00. The summed E-state index contributed by atoms with van der Waals surface area (Å²) in [5.41, 5.74) is 15.6. The van der Waals surface area contributed by atoms with Crippen LogP contribution in [0.1, 0.15) is 104 Å². The predicted molar refractivity (Wildman–Crippen MR) is 212 cm³/mol. The highest BCUT2D eigenvalue weighted by Crippen LogP contribution is 2.44. The van der Waals surface area contributed by atoms with Crippen molar-refractivity contribution in [3.8, 4) is 11.1 Å². The normalized spacial score (nSPS) is 13.6. The fourth-order valence-corrected chi connectivity index (χ4v) is 6.28. The van der Waals surface area contributed by atoms with Crippen molar-refractivity contribution in [2.45, 2.75) is 117 Å². The van der Waals surface area contributed by atoms with Gasteiger partial charge in [-0.2, -0.15) is 13.2 Å². The molecule has 1 aliphatic carbocycles. The Hall–Kier alpha value is -5.19. The molecule has 0 aliphatic heterocycles. The molecule has 58 heavy (non-hydrogen) atoms. The summed E-state index contributed by atoms with van der Waals surface area (Å²) < 4.78 is 37.3. The van der Waals surface area contributed by atoms with Gasteiger partial charge in [0.25, 0.3) is 5.91 Å². The molecule has 2 aromatic rings. The maximum Gasteiger partial charge on any atom is 0.490 e. The average molecular weight is 821 g/mol. The topological polar surface area (TPSA) is 218 Å². The second kappa shape index (κ2) is 23.9. The Morgan fingerprint density at radius 3 is 1.69 bits per heavy atom. The standard InChI is InChI=1S/C39H58N6O6.C2HF3O2/c1-24(2)20-32(40)36(47)42-33(21-25(3)4)37(48)43-34(22-26(5)6)38(49)45-44-35(46)18-8-7-13-19-41-39(50)51-23-31-29-16-11-9-14-27(29)28-15-10-12-17-30(28)31;3-2(4,5)1(6)7/h9-12,14-17,24-26,31-34H,7-8,13,18-23,40H2,1-6H3,(H,41,50)(H,42,47)(H,43,48)(H,44,46)(H,45,49);(H,6,7)/t32-,33-,34+;/m0./s1. The minimum atomic E-state index is -5.08. The lowest BCUT2D eigenvalue weighted by molar-refractivity contribution is -0.192. The van der Waals surface area contributed by atoms with Crippen LogP contribution in [0.5, 0.6) is 0 Å². The summed E-state index contributed by atoms with van der Waals surface area (Å²) in [5, 5.41) is 15.4. The number of nitrogens with two attached hydrogens (primary N) is 1. The van der Waals surface area contributed by atoms with Gasteiger partial charge in [0.05, 0.1) is 6.04 Å². The van der Waals surface area contributed by atoms with E-state index < -0.39 is 54.1 Å². The number of nitrogens with one attached hydrogen (secondary N) is 5. The van der Waals surface area contributed by atoms with E-state index in [1.54, 1.807) is 0 Å². The van der Waals surface area contributed by atoms with Crippen molar-refractivity contribution in [1.82, 2.24) is 26.8 Å². The Morgan fingerprint density at radius 1 is 0.707 bits per heavy atom. The highest BCUT2D eigenvalue weighted by Gasteiger charge is 2.38. The SMILES string of the molecule is CC(C)C[C@H](NC(=O)[C@@H](N)CC(C)C)C(=O)N[C@H](CC(C)C)C(=O)NNC(=O)CCCCCNC(=O)OCC1c2ccccc2-c2ccccc21.O=C(O)C(F)(F)F. The third-order valence-electron chi connectivity index (χ3n) is 9.00. The summed E-state index contributed by atoms with van der Waals surface area (Å²) in [6.07, 6.45) is -2.31. The van der Waals surface area contributed by atoms with Crippen molar-refractivity contribution in [1.29, 1.82) is 0 Å². The first-order valence-corrected chi connectivity index (χ1v) is 19.5. The molecule has 14 nitrogen and oxygen atoms in total. The molecule has 5 amide bonds. The molecule has 0 spiro atoms.